The van der Waals surface area contributed by atoms with Gasteiger partial charge < -0.3 is 20.5 Å². The van der Waals surface area contributed by atoms with Crippen LogP contribution in [0, 0.1) is 0 Å². The number of guanidine groups is 1. The summed E-state index contributed by atoms with van der Waals surface area (Å²) in [7, 11) is 0. The highest BCUT2D eigenvalue weighted by Gasteiger charge is 2.16. The number of hydrogen-bond donors (Lipinski definition) is 3. The van der Waals surface area contributed by atoms with Crippen molar-refractivity contribution in [3.05, 3.63) is 28.8 Å². The molecule has 1 aromatic carbocycles. The van der Waals surface area contributed by atoms with Gasteiger partial charge in [0.15, 0.2) is 5.96 Å². The monoisotopic (exact) mass is 461 g/mol. The molecule has 25 heavy (non-hydrogen) atoms. The third-order valence-corrected chi connectivity index (χ3v) is 4.33. The number of nitrogens with zero attached hydrogens (tertiary/aromatic N) is 1. The molecule has 0 saturated carbocycles. The summed E-state index contributed by atoms with van der Waals surface area (Å²) in [6.45, 7) is 7.73. The fourth-order valence-corrected chi connectivity index (χ4v) is 3.09. The van der Waals surface area contributed by atoms with Gasteiger partial charge in [-0.05, 0) is 63.1 Å². The van der Waals surface area contributed by atoms with Crippen LogP contribution in [-0.4, -0.2) is 37.4 Å². The van der Waals surface area contributed by atoms with E-state index in [2.05, 4.69) is 28.6 Å². The summed E-state index contributed by atoms with van der Waals surface area (Å²) >= 11 is 0. The molecule has 0 amide bonds. The Morgan fingerprint density at radius 2 is 2.00 bits per heavy atom. The highest BCUT2D eigenvalue weighted by Crippen LogP contribution is 2.30. The van der Waals surface area contributed by atoms with Crippen molar-refractivity contribution in [3.63, 3.8) is 0 Å². The molecule has 1 aromatic rings. The number of hydrogen-bond acceptors (Lipinski definition) is 3. The third-order valence-electron chi connectivity index (χ3n) is 4.33. The molecule has 142 valence electrons. The average Bonchev–Trinajstić information content (AvgIpc) is 2.60. The molecule has 0 aromatic heterocycles. The number of ether oxygens (including phenoxy) is 1. The van der Waals surface area contributed by atoms with Gasteiger partial charge in [-0.3, -0.25) is 0 Å². The van der Waals surface area contributed by atoms with Gasteiger partial charge in [0.25, 0.3) is 0 Å². The molecule has 5 nitrogen and oxygen atoms in total. The second-order valence-corrected chi connectivity index (χ2v) is 6.08. The number of rotatable bonds is 8. The number of aryl methyl sites for hydroxylation is 1. The number of phenolic OH excluding ortho intramolecular Hbond substituents is 1. The molecule has 0 atom stereocenters. The van der Waals surface area contributed by atoms with E-state index in [9.17, 15) is 5.11 Å². The molecule has 3 N–H and O–H groups in total. The Kier molecular flexibility index (Phi) is 10.9. The summed E-state index contributed by atoms with van der Waals surface area (Å²) in [5, 5.41) is 16.8. The number of aromatic hydroxyl groups is 1. The molecule has 6 heteroatoms. The van der Waals surface area contributed by atoms with Gasteiger partial charge >= 0.3 is 0 Å². The molecule has 2 rings (SSSR count). The van der Waals surface area contributed by atoms with Crippen molar-refractivity contribution in [1.82, 2.24) is 10.6 Å². The maximum absolute atomic E-state index is 10.3. The first-order chi connectivity index (χ1) is 11.8. The van der Waals surface area contributed by atoms with Crippen LogP contribution in [0.25, 0.3) is 0 Å². The van der Waals surface area contributed by atoms with E-state index in [1.165, 1.54) is 24.0 Å². The van der Waals surface area contributed by atoms with Crippen molar-refractivity contribution >= 4 is 29.9 Å². The predicted octanol–water partition coefficient (Wildman–Crippen LogP) is 3.37. The molecule has 0 fully saturated rings. The molecule has 1 aliphatic rings. The van der Waals surface area contributed by atoms with Crippen molar-refractivity contribution in [3.8, 4) is 5.75 Å². The van der Waals surface area contributed by atoms with Crippen LogP contribution >= 0.6 is 24.0 Å². The van der Waals surface area contributed by atoms with Crippen LogP contribution in [0.5, 0.6) is 5.75 Å². The SMILES string of the molecule is CCNC(=NCc1c(O)ccc2c1CCCC2)NCCCOCC.I. The lowest BCUT2D eigenvalue weighted by Crippen LogP contribution is -2.38. The zero-order valence-electron chi connectivity index (χ0n) is 15.4. The minimum absolute atomic E-state index is 0. The number of halogens is 1. The average molecular weight is 461 g/mol. The third kappa shape index (κ3) is 7.01. The summed E-state index contributed by atoms with van der Waals surface area (Å²) in [6, 6.07) is 3.88. The largest absolute Gasteiger partial charge is 0.508 e. The van der Waals surface area contributed by atoms with E-state index in [4.69, 9.17) is 4.74 Å². The molecule has 0 aliphatic heterocycles. The van der Waals surface area contributed by atoms with E-state index in [-0.39, 0.29) is 24.0 Å². The van der Waals surface area contributed by atoms with Crippen LogP contribution in [0.15, 0.2) is 17.1 Å². The Morgan fingerprint density at radius 1 is 1.20 bits per heavy atom. The van der Waals surface area contributed by atoms with Crippen LogP contribution in [0.4, 0.5) is 0 Å². The van der Waals surface area contributed by atoms with E-state index in [1.54, 1.807) is 0 Å². The van der Waals surface area contributed by atoms with Crippen molar-refractivity contribution in [1.29, 1.82) is 0 Å². The van der Waals surface area contributed by atoms with Gasteiger partial charge in [-0.1, -0.05) is 6.07 Å². The van der Waals surface area contributed by atoms with E-state index < -0.39 is 0 Å². The van der Waals surface area contributed by atoms with E-state index in [0.29, 0.717) is 12.3 Å². The molecular weight excluding hydrogens is 429 g/mol. The quantitative estimate of drug-likeness (QED) is 0.241. The van der Waals surface area contributed by atoms with Crippen LogP contribution in [0.3, 0.4) is 0 Å². The van der Waals surface area contributed by atoms with Gasteiger partial charge in [0.2, 0.25) is 0 Å². The minimum atomic E-state index is 0. The lowest BCUT2D eigenvalue weighted by molar-refractivity contribution is 0.145. The molecule has 0 radical (unpaired) electrons. The van der Waals surface area contributed by atoms with Crippen LogP contribution < -0.4 is 10.6 Å². The van der Waals surface area contributed by atoms with Crippen molar-refractivity contribution in [2.75, 3.05) is 26.3 Å². The molecule has 0 spiro atoms. The molecule has 0 heterocycles. The fraction of sp³-hybridized carbons (Fsp3) is 0.632. The Morgan fingerprint density at radius 3 is 2.76 bits per heavy atom. The Hall–Kier alpha value is -1.02. The maximum Gasteiger partial charge on any atom is 0.191 e. The number of fused-ring (bicyclic) bond motifs is 1. The first-order valence-electron chi connectivity index (χ1n) is 9.18. The lowest BCUT2D eigenvalue weighted by atomic mass is 9.88. The molecule has 0 bridgehead atoms. The number of aliphatic imine (C=N–C) groups is 1. The van der Waals surface area contributed by atoms with Crippen molar-refractivity contribution < 1.29 is 9.84 Å². The van der Waals surface area contributed by atoms with Crippen LogP contribution in [-0.2, 0) is 24.1 Å². The highest BCUT2D eigenvalue weighted by molar-refractivity contribution is 14.0. The Bertz CT molecular complexity index is 550. The first-order valence-corrected chi connectivity index (χ1v) is 9.18. The van der Waals surface area contributed by atoms with Gasteiger partial charge in [-0.2, -0.15) is 0 Å². The summed E-state index contributed by atoms with van der Waals surface area (Å²) in [5.41, 5.74) is 3.66. The number of phenols is 1. The second kappa shape index (κ2) is 12.4. The summed E-state index contributed by atoms with van der Waals surface area (Å²) < 4.78 is 5.35. The first kappa shape index (κ1) is 22.0. The highest BCUT2D eigenvalue weighted by atomic mass is 127. The minimum Gasteiger partial charge on any atom is -0.508 e. The van der Waals surface area contributed by atoms with E-state index in [1.807, 2.05) is 13.0 Å². The lowest BCUT2D eigenvalue weighted by Gasteiger charge is -2.20. The standard InChI is InChI=1S/C19H31N3O2.HI/c1-3-20-19(21-12-7-13-24-4-2)22-14-17-16-9-6-5-8-15(16)10-11-18(17)23;/h10-11,23H,3-9,12-14H2,1-2H3,(H2,20,21,22);1H. The second-order valence-electron chi connectivity index (χ2n) is 6.08. The van der Waals surface area contributed by atoms with Crippen LogP contribution in [0.2, 0.25) is 0 Å². The van der Waals surface area contributed by atoms with E-state index in [0.717, 1.165) is 57.1 Å². The van der Waals surface area contributed by atoms with Gasteiger partial charge in [0.1, 0.15) is 5.75 Å². The zero-order valence-corrected chi connectivity index (χ0v) is 17.8. The smallest absolute Gasteiger partial charge is 0.191 e. The topological polar surface area (TPSA) is 65.9 Å². The van der Waals surface area contributed by atoms with Crippen LogP contribution in [0.1, 0.15) is 49.8 Å². The summed E-state index contributed by atoms with van der Waals surface area (Å²) in [6.07, 6.45) is 5.55. The fourth-order valence-electron chi connectivity index (χ4n) is 3.09. The Balaban J connectivity index is 0.00000312. The molecular formula is C19H32IN3O2. The summed E-state index contributed by atoms with van der Waals surface area (Å²) in [4.78, 5) is 4.66. The Labute approximate surface area is 168 Å². The molecule has 1 aliphatic carbocycles. The maximum atomic E-state index is 10.3. The van der Waals surface area contributed by atoms with Gasteiger partial charge in [0, 0.05) is 31.9 Å². The van der Waals surface area contributed by atoms with Crippen molar-refractivity contribution in [2.24, 2.45) is 4.99 Å². The summed E-state index contributed by atoms with van der Waals surface area (Å²) in [5.74, 6) is 1.16. The van der Waals surface area contributed by atoms with Gasteiger partial charge in [-0.15, -0.1) is 24.0 Å². The molecule has 0 saturated heterocycles. The van der Waals surface area contributed by atoms with Gasteiger partial charge in [-0.25, -0.2) is 4.99 Å². The van der Waals surface area contributed by atoms with Gasteiger partial charge in [0.05, 0.1) is 6.54 Å². The molecule has 0 unspecified atom stereocenters. The predicted molar refractivity (Wildman–Crippen MR) is 114 cm³/mol. The number of nitrogens with one attached hydrogen (secondary N) is 2. The van der Waals surface area contributed by atoms with Crippen molar-refractivity contribution in [2.45, 2.75) is 52.5 Å². The number of benzene rings is 1. The normalized spacial score (nSPS) is 13.8. The van der Waals surface area contributed by atoms with E-state index >= 15 is 0 Å². The zero-order chi connectivity index (χ0) is 17.2.